The van der Waals surface area contributed by atoms with Gasteiger partial charge in [0, 0.05) is 4.90 Å². The molecule has 0 saturated heterocycles. The van der Waals surface area contributed by atoms with Crippen LogP contribution in [-0.4, -0.2) is 11.8 Å². The van der Waals surface area contributed by atoms with E-state index < -0.39 is 5.76 Å². The van der Waals surface area contributed by atoms with Crippen LogP contribution in [-0.2, 0) is 4.79 Å². The van der Waals surface area contributed by atoms with Gasteiger partial charge in [-0.3, -0.25) is 0 Å². The van der Waals surface area contributed by atoms with Gasteiger partial charge in [0.2, 0.25) is 6.08 Å². The molecular formula is C8H5F2NOS. The van der Waals surface area contributed by atoms with Crippen LogP contribution in [0.25, 0.3) is 0 Å². The number of thioether (sulfide) groups is 1. The Morgan fingerprint density at radius 1 is 1.31 bits per heavy atom. The first-order valence-corrected chi connectivity index (χ1v) is 4.23. The molecule has 68 valence electrons. The van der Waals surface area contributed by atoms with Gasteiger partial charge in [0.25, 0.3) is 5.76 Å². The predicted octanol–water partition coefficient (Wildman–Crippen LogP) is 2.97. The Morgan fingerprint density at radius 3 is 2.38 bits per heavy atom. The van der Waals surface area contributed by atoms with Crippen molar-refractivity contribution in [1.82, 2.24) is 0 Å². The summed E-state index contributed by atoms with van der Waals surface area (Å²) >= 11 is 0.452. The molecule has 0 aliphatic rings. The molecule has 0 fully saturated rings. The molecule has 0 unspecified atom stereocenters. The minimum atomic E-state index is -2.43. The highest BCUT2D eigenvalue weighted by atomic mass is 32.2. The normalized spacial score (nSPS) is 9.77. The predicted molar refractivity (Wildman–Crippen MR) is 46.1 cm³/mol. The van der Waals surface area contributed by atoms with E-state index in [1.54, 1.807) is 0 Å². The van der Waals surface area contributed by atoms with Gasteiger partial charge in [-0.05, 0) is 24.3 Å². The van der Waals surface area contributed by atoms with E-state index in [1.807, 2.05) is 0 Å². The first-order chi connectivity index (χ1) is 6.22. The molecule has 0 amide bonds. The third-order valence-electron chi connectivity index (χ3n) is 1.24. The van der Waals surface area contributed by atoms with Gasteiger partial charge < -0.3 is 0 Å². The van der Waals surface area contributed by atoms with Crippen LogP contribution in [0.5, 0.6) is 0 Å². The third kappa shape index (κ3) is 3.36. The highest BCUT2D eigenvalue weighted by molar-refractivity contribution is 7.99. The number of alkyl halides is 2. The number of hydrogen-bond donors (Lipinski definition) is 0. The van der Waals surface area contributed by atoms with Crippen molar-refractivity contribution < 1.29 is 13.6 Å². The van der Waals surface area contributed by atoms with Crippen molar-refractivity contribution in [2.24, 2.45) is 4.99 Å². The van der Waals surface area contributed by atoms with E-state index in [2.05, 4.69) is 4.99 Å². The highest BCUT2D eigenvalue weighted by Crippen LogP contribution is 2.26. The van der Waals surface area contributed by atoms with Gasteiger partial charge in [-0.1, -0.05) is 11.8 Å². The number of halogens is 2. The number of carbonyl (C=O) groups excluding carboxylic acids is 1. The summed E-state index contributed by atoms with van der Waals surface area (Å²) in [5, 5.41) is 0. The number of benzene rings is 1. The van der Waals surface area contributed by atoms with Gasteiger partial charge in [-0.15, -0.1) is 0 Å². The summed E-state index contributed by atoms with van der Waals surface area (Å²) in [6.07, 6.45) is 1.36. The lowest BCUT2D eigenvalue weighted by Gasteiger charge is -1.98. The van der Waals surface area contributed by atoms with E-state index in [9.17, 15) is 13.6 Å². The van der Waals surface area contributed by atoms with Gasteiger partial charge in [-0.25, -0.2) is 4.79 Å². The van der Waals surface area contributed by atoms with E-state index in [1.165, 1.54) is 30.3 Å². The van der Waals surface area contributed by atoms with Gasteiger partial charge in [0.1, 0.15) is 0 Å². The molecule has 0 saturated carbocycles. The summed E-state index contributed by atoms with van der Waals surface area (Å²) in [5.74, 6) is -2.43. The molecule has 0 heterocycles. The second-order valence-corrected chi connectivity index (χ2v) is 3.14. The van der Waals surface area contributed by atoms with Gasteiger partial charge in [0.15, 0.2) is 0 Å². The topological polar surface area (TPSA) is 29.4 Å². The summed E-state index contributed by atoms with van der Waals surface area (Å²) in [7, 11) is 0. The van der Waals surface area contributed by atoms with Crippen molar-refractivity contribution in [3.8, 4) is 0 Å². The van der Waals surface area contributed by atoms with E-state index in [-0.39, 0.29) is 0 Å². The molecule has 2 nitrogen and oxygen atoms in total. The van der Waals surface area contributed by atoms with Crippen molar-refractivity contribution >= 4 is 23.5 Å². The molecule has 0 aromatic heterocycles. The Labute approximate surface area is 77.7 Å². The first kappa shape index (κ1) is 9.89. The molecular weight excluding hydrogens is 196 g/mol. The zero-order valence-electron chi connectivity index (χ0n) is 6.41. The second-order valence-electron chi connectivity index (χ2n) is 2.08. The maximum atomic E-state index is 11.8. The molecule has 0 spiro atoms. The van der Waals surface area contributed by atoms with Gasteiger partial charge >= 0.3 is 0 Å². The highest BCUT2D eigenvalue weighted by Gasteiger charge is 2.03. The Balaban J connectivity index is 2.75. The number of rotatable bonds is 3. The molecule has 1 aromatic rings. The fraction of sp³-hybridized carbons (Fsp3) is 0.125. The van der Waals surface area contributed by atoms with Crippen LogP contribution in [0.3, 0.4) is 0 Å². The zero-order chi connectivity index (χ0) is 9.68. The van der Waals surface area contributed by atoms with Crippen molar-refractivity contribution in [3.63, 3.8) is 0 Å². The summed E-state index contributed by atoms with van der Waals surface area (Å²) in [4.78, 5) is 13.6. The summed E-state index contributed by atoms with van der Waals surface area (Å²) in [6.45, 7) is 0. The summed E-state index contributed by atoms with van der Waals surface area (Å²) in [5.41, 5.74) is 0.411. The quantitative estimate of drug-likeness (QED) is 0.427. The fourth-order valence-corrected chi connectivity index (χ4v) is 1.25. The number of hydrogen-bond acceptors (Lipinski definition) is 3. The van der Waals surface area contributed by atoms with Gasteiger partial charge in [-0.2, -0.15) is 13.8 Å². The van der Waals surface area contributed by atoms with E-state index in [0.29, 0.717) is 22.3 Å². The Morgan fingerprint density at radius 2 is 1.92 bits per heavy atom. The van der Waals surface area contributed by atoms with Crippen molar-refractivity contribution in [2.45, 2.75) is 10.7 Å². The molecule has 0 N–H and O–H groups in total. The summed E-state index contributed by atoms with van der Waals surface area (Å²) in [6, 6.07) is 5.92. The van der Waals surface area contributed by atoms with E-state index >= 15 is 0 Å². The van der Waals surface area contributed by atoms with E-state index in [0.717, 1.165) is 0 Å². The summed E-state index contributed by atoms with van der Waals surface area (Å²) < 4.78 is 23.7. The number of nitrogens with zero attached hydrogens (tertiary/aromatic N) is 1. The fourth-order valence-electron chi connectivity index (χ4n) is 0.755. The van der Waals surface area contributed by atoms with Crippen LogP contribution in [0.2, 0.25) is 0 Å². The van der Waals surface area contributed by atoms with Crippen molar-refractivity contribution in [1.29, 1.82) is 0 Å². The zero-order valence-corrected chi connectivity index (χ0v) is 7.22. The maximum Gasteiger partial charge on any atom is 0.288 e. The Kier molecular flexibility index (Phi) is 3.61. The van der Waals surface area contributed by atoms with Crippen LogP contribution >= 0.6 is 11.8 Å². The van der Waals surface area contributed by atoms with Crippen molar-refractivity contribution in [3.05, 3.63) is 24.3 Å². The lowest BCUT2D eigenvalue weighted by molar-refractivity contribution is 0.252. The Bertz CT molecular complexity index is 319. The molecule has 0 atom stereocenters. The van der Waals surface area contributed by atoms with Crippen molar-refractivity contribution in [2.75, 3.05) is 0 Å². The molecule has 1 rings (SSSR count). The van der Waals surface area contributed by atoms with Crippen LogP contribution in [0.4, 0.5) is 14.5 Å². The van der Waals surface area contributed by atoms with Crippen LogP contribution < -0.4 is 0 Å². The first-order valence-electron chi connectivity index (χ1n) is 3.35. The average molecular weight is 201 g/mol. The van der Waals surface area contributed by atoms with Crippen LogP contribution in [0.15, 0.2) is 34.2 Å². The molecule has 0 bridgehead atoms. The molecule has 0 radical (unpaired) electrons. The Hall–Kier alpha value is -1.19. The molecule has 1 aromatic carbocycles. The van der Waals surface area contributed by atoms with Gasteiger partial charge in [0.05, 0.1) is 5.69 Å². The standard InChI is InChI=1S/C8H5F2NOS/c9-8(10)13-7-3-1-6(2-4-7)11-5-12/h1-4,8H. The lowest BCUT2D eigenvalue weighted by Crippen LogP contribution is -1.79. The molecule has 13 heavy (non-hydrogen) atoms. The molecule has 0 aliphatic carbocycles. The van der Waals surface area contributed by atoms with Crippen LogP contribution in [0.1, 0.15) is 0 Å². The smallest absolute Gasteiger partial charge is 0.211 e. The SMILES string of the molecule is O=C=Nc1ccc(SC(F)F)cc1. The minimum absolute atomic E-state index is 0.411. The van der Waals surface area contributed by atoms with E-state index in [4.69, 9.17) is 0 Å². The number of aliphatic imine (C=N–C) groups is 1. The monoisotopic (exact) mass is 201 g/mol. The average Bonchev–Trinajstić information content (AvgIpc) is 2.08. The largest absolute Gasteiger partial charge is 0.288 e. The maximum absolute atomic E-state index is 11.8. The second kappa shape index (κ2) is 4.74. The minimum Gasteiger partial charge on any atom is -0.211 e. The molecule has 5 heteroatoms. The molecule has 0 aliphatic heterocycles. The lowest BCUT2D eigenvalue weighted by atomic mass is 10.3. The third-order valence-corrected chi connectivity index (χ3v) is 1.96. The number of isocyanates is 1. The van der Waals surface area contributed by atoms with Crippen LogP contribution in [0, 0.1) is 0 Å².